The molecular formula is C11H12O3. The van der Waals surface area contributed by atoms with E-state index >= 15 is 0 Å². The first-order valence-corrected chi connectivity index (χ1v) is 4.31. The molecule has 3 heteroatoms. The quantitative estimate of drug-likeness (QED) is 0.505. The van der Waals surface area contributed by atoms with Crippen LogP contribution in [0.5, 0.6) is 0 Å². The molecule has 0 saturated heterocycles. The number of esters is 2. The lowest BCUT2D eigenvalue weighted by atomic mass is 10.0. The summed E-state index contributed by atoms with van der Waals surface area (Å²) in [4.78, 5) is 22.1. The van der Waals surface area contributed by atoms with Gasteiger partial charge in [0.1, 0.15) is 0 Å². The largest absolute Gasteiger partial charge is 0.390 e. The number of ether oxygens (including phenoxy) is 1. The van der Waals surface area contributed by atoms with Crippen LogP contribution in [0.15, 0.2) is 18.2 Å². The van der Waals surface area contributed by atoms with Gasteiger partial charge >= 0.3 is 11.9 Å². The molecule has 1 aromatic carbocycles. The minimum atomic E-state index is -0.586. The summed E-state index contributed by atoms with van der Waals surface area (Å²) in [6.07, 6.45) is 0. The van der Waals surface area contributed by atoms with Crippen LogP contribution in [-0.2, 0) is 9.53 Å². The summed E-state index contributed by atoms with van der Waals surface area (Å²) in [5.41, 5.74) is 2.11. The van der Waals surface area contributed by atoms with E-state index in [-0.39, 0.29) is 0 Å². The highest BCUT2D eigenvalue weighted by molar-refractivity contribution is 5.98. The molecule has 0 amide bonds. The van der Waals surface area contributed by atoms with Crippen molar-refractivity contribution >= 4 is 11.9 Å². The van der Waals surface area contributed by atoms with Crippen LogP contribution >= 0.6 is 0 Å². The van der Waals surface area contributed by atoms with Crippen molar-refractivity contribution in [3.63, 3.8) is 0 Å². The van der Waals surface area contributed by atoms with Crippen LogP contribution in [0.2, 0.25) is 0 Å². The van der Waals surface area contributed by atoms with E-state index in [1.165, 1.54) is 6.92 Å². The molecule has 0 saturated carbocycles. The van der Waals surface area contributed by atoms with Gasteiger partial charge in [0.15, 0.2) is 0 Å². The van der Waals surface area contributed by atoms with Crippen LogP contribution in [0.25, 0.3) is 0 Å². The molecule has 74 valence electrons. The molecule has 1 rings (SSSR count). The molecule has 0 N–H and O–H groups in total. The summed E-state index contributed by atoms with van der Waals surface area (Å²) in [6, 6.07) is 5.47. The minimum absolute atomic E-state index is 0.475. The standard InChI is InChI=1S/C11H12O3/c1-7-5-4-6-8(2)10(7)11(13)14-9(3)12/h4-6H,1-3H3. The molecule has 0 spiro atoms. The van der Waals surface area contributed by atoms with Gasteiger partial charge in [0.2, 0.25) is 0 Å². The van der Waals surface area contributed by atoms with Gasteiger partial charge in [0.05, 0.1) is 5.56 Å². The predicted octanol–water partition coefficient (Wildman–Crippen LogP) is 2.01. The van der Waals surface area contributed by atoms with Crippen LogP contribution in [0.1, 0.15) is 28.4 Å². The fraction of sp³-hybridized carbons (Fsp3) is 0.273. The van der Waals surface area contributed by atoms with Gasteiger partial charge in [-0.25, -0.2) is 4.79 Å². The lowest BCUT2D eigenvalue weighted by Crippen LogP contribution is -2.12. The van der Waals surface area contributed by atoms with Gasteiger partial charge in [-0.1, -0.05) is 18.2 Å². The Morgan fingerprint density at radius 2 is 1.64 bits per heavy atom. The molecule has 14 heavy (non-hydrogen) atoms. The van der Waals surface area contributed by atoms with Crippen molar-refractivity contribution in [1.82, 2.24) is 0 Å². The van der Waals surface area contributed by atoms with Crippen LogP contribution in [0, 0.1) is 13.8 Å². The fourth-order valence-electron chi connectivity index (χ4n) is 1.32. The second-order valence-corrected chi connectivity index (χ2v) is 3.15. The van der Waals surface area contributed by atoms with Crippen LogP contribution in [0.4, 0.5) is 0 Å². The summed E-state index contributed by atoms with van der Waals surface area (Å²) >= 11 is 0. The summed E-state index contributed by atoms with van der Waals surface area (Å²) in [5, 5.41) is 0. The number of hydrogen-bond acceptors (Lipinski definition) is 3. The smallest absolute Gasteiger partial charge is 0.346 e. The highest BCUT2D eigenvalue weighted by Gasteiger charge is 2.14. The zero-order valence-electron chi connectivity index (χ0n) is 8.46. The molecule has 0 aromatic heterocycles. The second kappa shape index (κ2) is 4.05. The number of aryl methyl sites for hydroxylation is 2. The maximum Gasteiger partial charge on any atom is 0.346 e. The van der Waals surface area contributed by atoms with E-state index < -0.39 is 11.9 Å². The molecule has 0 heterocycles. The molecule has 0 aliphatic carbocycles. The maximum atomic E-state index is 11.5. The fourth-order valence-corrected chi connectivity index (χ4v) is 1.32. The van der Waals surface area contributed by atoms with Crippen molar-refractivity contribution in [3.05, 3.63) is 34.9 Å². The topological polar surface area (TPSA) is 43.4 Å². The summed E-state index contributed by atoms with van der Waals surface area (Å²) in [6.45, 7) is 4.83. The average molecular weight is 192 g/mol. The van der Waals surface area contributed by atoms with Crippen LogP contribution in [0.3, 0.4) is 0 Å². The van der Waals surface area contributed by atoms with Crippen molar-refractivity contribution in [1.29, 1.82) is 0 Å². The second-order valence-electron chi connectivity index (χ2n) is 3.15. The van der Waals surface area contributed by atoms with Crippen molar-refractivity contribution in [2.75, 3.05) is 0 Å². The van der Waals surface area contributed by atoms with E-state index in [1.54, 1.807) is 0 Å². The summed E-state index contributed by atoms with van der Waals surface area (Å²) in [7, 11) is 0. The van der Waals surface area contributed by atoms with Gasteiger partial charge in [-0.05, 0) is 25.0 Å². The Balaban J connectivity index is 3.06. The van der Waals surface area contributed by atoms with Gasteiger partial charge in [-0.15, -0.1) is 0 Å². The van der Waals surface area contributed by atoms with Gasteiger partial charge in [0, 0.05) is 6.92 Å². The summed E-state index contributed by atoms with van der Waals surface area (Å²) < 4.78 is 4.52. The first-order chi connectivity index (χ1) is 6.52. The predicted molar refractivity (Wildman–Crippen MR) is 52.0 cm³/mol. The SMILES string of the molecule is CC(=O)OC(=O)c1c(C)cccc1C. The molecular weight excluding hydrogens is 180 g/mol. The summed E-state index contributed by atoms with van der Waals surface area (Å²) in [5.74, 6) is -1.16. The van der Waals surface area contributed by atoms with E-state index in [0.29, 0.717) is 5.56 Å². The molecule has 0 aliphatic rings. The van der Waals surface area contributed by atoms with E-state index in [1.807, 2.05) is 32.0 Å². The molecule has 0 unspecified atom stereocenters. The Morgan fingerprint density at radius 1 is 1.14 bits per heavy atom. The Bertz CT molecular complexity index is 360. The Kier molecular flexibility index (Phi) is 3.02. The lowest BCUT2D eigenvalue weighted by molar-refractivity contribution is -0.135. The first kappa shape index (κ1) is 10.4. The third kappa shape index (κ3) is 2.19. The van der Waals surface area contributed by atoms with Gasteiger partial charge in [-0.2, -0.15) is 0 Å². The molecule has 1 aromatic rings. The first-order valence-electron chi connectivity index (χ1n) is 4.31. The molecule has 3 nitrogen and oxygen atoms in total. The van der Waals surface area contributed by atoms with Crippen molar-refractivity contribution in [3.8, 4) is 0 Å². The van der Waals surface area contributed by atoms with Gasteiger partial charge in [0.25, 0.3) is 0 Å². The van der Waals surface area contributed by atoms with E-state index in [9.17, 15) is 9.59 Å². The number of carbonyl (C=O) groups excluding carboxylic acids is 2. The third-order valence-corrected chi connectivity index (χ3v) is 1.92. The Hall–Kier alpha value is -1.64. The Morgan fingerprint density at radius 3 is 2.07 bits per heavy atom. The molecule has 0 aliphatic heterocycles. The van der Waals surface area contributed by atoms with Crippen LogP contribution < -0.4 is 0 Å². The highest BCUT2D eigenvalue weighted by atomic mass is 16.6. The molecule has 0 bridgehead atoms. The van der Waals surface area contributed by atoms with E-state index in [0.717, 1.165) is 11.1 Å². The number of rotatable bonds is 1. The van der Waals surface area contributed by atoms with Gasteiger partial charge < -0.3 is 4.74 Å². The monoisotopic (exact) mass is 192 g/mol. The number of hydrogen-bond donors (Lipinski definition) is 0. The van der Waals surface area contributed by atoms with E-state index in [4.69, 9.17) is 0 Å². The highest BCUT2D eigenvalue weighted by Crippen LogP contribution is 2.14. The third-order valence-electron chi connectivity index (χ3n) is 1.92. The zero-order chi connectivity index (χ0) is 10.7. The average Bonchev–Trinajstić information content (AvgIpc) is 2.01. The zero-order valence-corrected chi connectivity index (χ0v) is 8.46. The Labute approximate surface area is 82.7 Å². The molecule has 0 fully saturated rings. The number of carbonyl (C=O) groups is 2. The van der Waals surface area contributed by atoms with E-state index in [2.05, 4.69) is 4.74 Å². The van der Waals surface area contributed by atoms with Crippen LogP contribution in [-0.4, -0.2) is 11.9 Å². The maximum absolute atomic E-state index is 11.5. The van der Waals surface area contributed by atoms with Crippen molar-refractivity contribution in [2.24, 2.45) is 0 Å². The number of benzene rings is 1. The molecule has 0 atom stereocenters. The molecule has 0 radical (unpaired) electrons. The lowest BCUT2D eigenvalue weighted by Gasteiger charge is -2.06. The normalized spacial score (nSPS) is 9.64. The van der Waals surface area contributed by atoms with Crippen molar-refractivity contribution < 1.29 is 14.3 Å². The van der Waals surface area contributed by atoms with Crippen molar-refractivity contribution in [2.45, 2.75) is 20.8 Å². The van der Waals surface area contributed by atoms with Gasteiger partial charge in [-0.3, -0.25) is 4.79 Å². The minimum Gasteiger partial charge on any atom is -0.390 e.